The molecule has 124 valence electrons. The standard InChI is InChI=1S/C14H13N5O4S/c1-17(24(2,22)23)11-5-3-4-10(8-11)12-6-7-15-14-13(19(20)21)9-16-18(12)14/h3-9H,1-2H3. The third-order valence-electron chi connectivity index (χ3n) is 3.58. The Morgan fingerprint density at radius 3 is 2.71 bits per heavy atom. The van der Waals surface area contributed by atoms with Crippen molar-refractivity contribution in [1.29, 1.82) is 0 Å². The van der Waals surface area contributed by atoms with Gasteiger partial charge in [0.2, 0.25) is 15.7 Å². The van der Waals surface area contributed by atoms with Crippen LogP contribution in [-0.2, 0) is 10.0 Å². The lowest BCUT2D eigenvalue weighted by Gasteiger charge is -2.17. The first kappa shape index (κ1) is 15.9. The molecule has 24 heavy (non-hydrogen) atoms. The van der Waals surface area contributed by atoms with Crippen molar-refractivity contribution in [2.24, 2.45) is 0 Å². The molecule has 0 aliphatic rings. The van der Waals surface area contributed by atoms with Crippen LogP contribution in [0.25, 0.3) is 16.9 Å². The monoisotopic (exact) mass is 347 g/mol. The first-order valence-electron chi connectivity index (χ1n) is 6.80. The van der Waals surface area contributed by atoms with Crippen LogP contribution in [0.15, 0.2) is 42.7 Å². The fraction of sp³-hybridized carbons (Fsp3) is 0.143. The quantitative estimate of drug-likeness (QED) is 0.525. The largest absolute Gasteiger partial charge is 0.333 e. The van der Waals surface area contributed by atoms with E-state index in [0.717, 1.165) is 16.8 Å². The molecule has 0 bridgehead atoms. The van der Waals surface area contributed by atoms with Gasteiger partial charge in [-0.25, -0.2) is 17.9 Å². The van der Waals surface area contributed by atoms with Crippen molar-refractivity contribution in [3.63, 3.8) is 0 Å². The number of rotatable bonds is 4. The first-order valence-corrected chi connectivity index (χ1v) is 8.65. The van der Waals surface area contributed by atoms with Crippen LogP contribution in [0.5, 0.6) is 0 Å². The van der Waals surface area contributed by atoms with Crippen molar-refractivity contribution < 1.29 is 13.3 Å². The van der Waals surface area contributed by atoms with Gasteiger partial charge in [0, 0.05) is 18.8 Å². The number of anilines is 1. The van der Waals surface area contributed by atoms with Crippen molar-refractivity contribution >= 4 is 27.0 Å². The summed E-state index contributed by atoms with van der Waals surface area (Å²) in [7, 11) is -1.94. The van der Waals surface area contributed by atoms with Gasteiger partial charge in [0.15, 0.2) is 0 Å². The van der Waals surface area contributed by atoms with Gasteiger partial charge in [-0.3, -0.25) is 14.4 Å². The molecule has 0 N–H and O–H groups in total. The SMILES string of the molecule is CN(c1cccc(-c2ccnc3c([N+](=O)[O-])cnn23)c1)S(C)(=O)=O. The fourth-order valence-corrected chi connectivity index (χ4v) is 2.78. The third kappa shape index (κ3) is 2.67. The fourth-order valence-electron chi connectivity index (χ4n) is 2.28. The van der Waals surface area contributed by atoms with Gasteiger partial charge in [-0.05, 0) is 18.2 Å². The predicted molar refractivity (Wildman–Crippen MR) is 88.3 cm³/mol. The van der Waals surface area contributed by atoms with E-state index in [1.807, 2.05) is 0 Å². The zero-order valence-electron chi connectivity index (χ0n) is 12.8. The van der Waals surface area contributed by atoms with Crippen molar-refractivity contribution in [3.05, 3.63) is 52.8 Å². The van der Waals surface area contributed by atoms with Crippen molar-refractivity contribution in [1.82, 2.24) is 14.6 Å². The van der Waals surface area contributed by atoms with Gasteiger partial charge in [0.05, 0.1) is 22.6 Å². The maximum absolute atomic E-state index is 11.7. The molecule has 2 aromatic heterocycles. The maximum Gasteiger partial charge on any atom is 0.333 e. The lowest BCUT2D eigenvalue weighted by atomic mass is 10.1. The molecule has 3 rings (SSSR count). The van der Waals surface area contributed by atoms with Crippen LogP contribution in [0.1, 0.15) is 0 Å². The van der Waals surface area contributed by atoms with Crippen LogP contribution < -0.4 is 4.31 Å². The second-order valence-corrected chi connectivity index (χ2v) is 7.15. The van der Waals surface area contributed by atoms with Gasteiger partial charge in [0.25, 0.3) is 0 Å². The molecule has 0 saturated carbocycles. The van der Waals surface area contributed by atoms with E-state index in [-0.39, 0.29) is 11.3 Å². The normalized spacial score (nSPS) is 11.6. The number of fused-ring (bicyclic) bond motifs is 1. The molecule has 0 amide bonds. The number of benzene rings is 1. The molecular weight excluding hydrogens is 334 g/mol. The summed E-state index contributed by atoms with van der Waals surface area (Å²) in [5.74, 6) is 0. The second-order valence-electron chi connectivity index (χ2n) is 5.13. The predicted octanol–water partition coefficient (Wildman–Crippen LogP) is 1.70. The van der Waals surface area contributed by atoms with E-state index >= 15 is 0 Å². The van der Waals surface area contributed by atoms with Crippen molar-refractivity contribution in [2.45, 2.75) is 0 Å². The molecule has 0 aliphatic carbocycles. The van der Waals surface area contributed by atoms with Crippen LogP contribution in [0, 0.1) is 10.1 Å². The molecule has 0 fully saturated rings. The number of aromatic nitrogens is 3. The van der Waals surface area contributed by atoms with E-state index in [1.54, 1.807) is 30.3 Å². The van der Waals surface area contributed by atoms with Crippen LogP contribution in [0.4, 0.5) is 11.4 Å². The summed E-state index contributed by atoms with van der Waals surface area (Å²) < 4.78 is 25.9. The van der Waals surface area contributed by atoms with E-state index in [4.69, 9.17) is 0 Å². The summed E-state index contributed by atoms with van der Waals surface area (Å²) in [4.78, 5) is 14.5. The van der Waals surface area contributed by atoms with Gasteiger partial charge in [0.1, 0.15) is 6.20 Å². The van der Waals surface area contributed by atoms with Gasteiger partial charge < -0.3 is 0 Å². The average molecular weight is 347 g/mol. The topological polar surface area (TPSA) is 111 Å². The first-order chi connectivity index (χ1) is 11.3. The van der Waals surface area contributed by atoms with E-state index < -0.39 is 14.9 Å². The number of hydrogen-bond donors (Lipinski definition) is 0. The molecular formula is C14H13N5O4S. The van der Waals surface area contributed by atoms with Gasteiger partial charge in [-0.15, -0.1) is 0 Å². The minimum Gasteiger partial charge on any atom is -0.274 e. The summed E-state index contributed by atoms with van der Waals surface area (Å²) in [5.41, 5.74) is 1.63. The zero-order chi connectivity index (χ0) is 17.5. The third-order valence-corrected chi connectivity index (χ3v) is 4.79. The van der Waals surface area contributed by atoms with Crippen LogP contribution in [-0.4, -0.2) is 41.2 Å². The molecule has 0 atom stereocenters. The summed E-state index contributed by atoms with van der Waals surface area (Å²) in [6.07, 6.45) is 3.70. The van der Waals surface area contributed by atoms with Crippen molar-refractivity contribution in [3.8, 4) is 11.3 Å². The number of nitrogens with zero attached hydrogens (tertiary/aromatic N) is 5. The summed E-state index contributed by atoms with van der Waals surface area (Å²) >= 11 is 0. The molecule has 2 heterocycles. The molecule has 0 spiro atoms. The molecule has 0 saturated heterocycles. The van der Waals surface area contributed by atoms with Gasteiger partial charge >= 0.3 is 5.69 Å². The van der Waals surface area contributed by atoms with Crippen LogP contribution >= 0.6 is 0 Å². The minimum absolute atomic E-state index is 0.124. The minimum atomic E-state index is -3.40. The Labute approximate surface area is 137 Å². The maximum atomic E-state index is 11.7. The molecule has 9 nitrogen and oxygen atoms in total. The lowest BCUT2D eigenvalue weighted by molar-refractivity contribution is -0.383. The zero-order valence-corrected chi connectivity index (χ0v) is 13.6. The van der Waals surface area contributed by atoms with E-state index in [1.165, 1.54) is 17.8 Å². The Kier molecular flexibility index (Phi) is 3.68. The Bertz CT molecular complexity index is 1040. The van der Waals surface area contributed by atoms with Crippen LogP contribution in [0.3, 0.4) is 0 Å². The smallest absolute Gasteiger partial charge is 0.274 e. The van der Waals surface area contributed by atoms with E-state index in [0.29, 0.717) is 16.9 Å². The Hall–Kier alpha value is -3.01. The molecule has 1 aromatic carbocycles. The number of hydrogen-bond acceptors (Lipinski definition) is 6. The molecule has 0 radical (unpaired) electrons. The van der Waals surface area contributed by atoms with Gasteiger partial charge in [-0.1, -0.05) is 12.1 Å². The number of sulfonamides is 1. The highest BCUT2D eigenvalue weighted by molar-refractivity contribution is 7.92. The van der Waals surface area contributed by atoms with Gasteiger partial charge in [-0.2, -0.15) is 5.10 Å². The summed E-state index contributed by atoms with van der Waals surface area (Å²) in [5, 5.41) is 15.0. The Morgan fingerprint density at radius 2 is 2.04 bits per heavy atom. The van der Waals surface area contributed by atoms with E-state index in [2.05, 4.69) is 10.1 Å². The highest BCUT2D eigenvalue weighted by Gasteiger charge is 2.19. The molecule has 0 unspecified atom stereocenters. The second kappa shape index (κ2) is 5.57. The van der Waals surface area contributed by atoms with Crippen LogP contribution in [0.2, 0.25) is 0 Å². The van der Waals surface area contributed by atoms with Crippen molar-refractivity contribution in [2.75, 3.05) is 17.6 Å². The highest BCUT2D eigenvalue weighted by Crippen LogP contribution is 2.27. The Balaban J connectivity index is 2.17. The lowest BCUT2D eigenvalue weighted by Crippen LogP contribution is -2.24. The molecule has 3 aromatic rings. The number of nitro groups is 1. The average Bonchev–Trinajstić information content (AvgIpc) is 2.97. The highest BCUT2D eigenvalue weighted by atomic mass is 32.2. The molecule has 0 aliphatic heterocycles. The summed E-state index contributed by atoms with van der Waals surface area (Å²) in [6.45, 7) is 0. The Morgan fingerprint density at radius 1 is 1.29 bits per heavy atom. The summed E-state index contributed by atoms with van der Waals surface area (Å²) in [6, 6.07) is 8.46. The molecule has 10 heteroatoms. The van der Waals surface area contributed by atoms with E-state index in [9.17, 15) is 18.5 Å².